The number of benzene rings is 1. The molecule has 0 aliphatic heterocycles. The van der Waals surface area contributed by atoms with E-state index in [4.69, 9.17) is 10.5 Å². The van der Waals surface area contributed by atoms with Crippen LogP contribution in [0.4, 0.5) is 11.4 Å². The number of amides is 1. The Balaban J connectivity index is 2.33. The fourth-order valence-corrected chi connectivity index (χ4v) is 2.10. The lowest BCUT2D eigenvalue weighted by atomic mass is 10.1. The van der Waals surface area contributed by atoms with E-state index < -0.39 is 0 Å². The van der Waals surface area contributed by atoms with Gasteiger partial charge in [-0.2, -0.15) is 0 Å². The van der Waals surface area contributed by atoms with Crippen molar-refractivity contribution in [2.75, 3.05) is 18.2 Å². The normalized spacial score (nSPS) is 10.3. The fourth-order valence-electron chi connectivity index (χ4n) is 2.10. The SMILES string of the molecule is CCCCCCCCC(=O)Nc1cc(N)ccc1OC. The standard InChI is InChI=1S/C16H26N2O2/c1-3-4-5-6-7-8-9-16(19)18-14-12-13(17)10-11-15(14)20-2/h10-12H,3-9,17H2,1-2H3,(H,18,19). The molecular formula is C16H26N2O2. The summed E-state index contributed by atoms with van der Waals surface area (Å²) in [5.41, 5.74) is 6.97. The third-order valence-corrected chi connectivity index (χ3v) is 3.26. The molecule has 0 heterocycles. The minimum atomic E-state index is 0.0180. The van der Waals surface area contributed by atoms with Gasteiger partial charge in [-0.3, -0.25) is 4.79 Å². The maximum Gasteiger partial charge on any atom is 0.224 e. The van der Waals surface area contributed by atoms with Crippen LogP contribution in [0.2, 0.25) is 0 Å². The quantitative estimate of drug-likeness (QED) is 0.530. The first kappa shape index (κ1) is 16.3. The fraction of sp³-hybridized carbons (Fsp3) is 0.562. The number of carbonyl (C=O) groups excluding carboxylic acids is 1. The molecule has 1 rings (SSSR count). The van der Waals surface area contributed by atoms with Crippen molar-refractivity contribution in [2.45, 2.75) is 51.9 Å². The molecule has 112 valence electrons. The summed E-state index contributed by atoms with van der Waals surface area (Å²) in [6, 6.07) is 5.23. The average molecular weight is 278 g/mol. The highest BCUT2D eigenvalue weighted by Gasteiger charge is 2.07. The largest absolute Gasteiger partial charge is 0.495 e. The summed E-state index contributed by atoms with van der Waals surface area (Å²) in [6.07, 6.45) is 7.60. The molecule has 0 radical (unpaired) electrons. The highest BCUT2D eigenvalue weighted by molar-refractivity contribution is 5.92. The molecule has 0 unspecified atom stereocenters. The summed E-state index contributed by atoms with van der Waals surface area (Å²) < 4.78 is 5.20. The Bertz CT molecular complexity index is 419. The Labute approximate surface area is 121 Å². The second kappa shape index (κ2) is 9.23. The zero-order chi connectivity index (χ0) is 14.8. The molecule has 0 saturated heterocycles. The summed E-state index contributed by atoms with van der Waals surface area (Å²) in [5, 5.41) is 2.86. The van der Waals surface area contributed by atoms with E-state index in [1.165, 1.54) is 25.7 Å². The van der Waals surface area contributed by atoms with E-state index in [0.717, 1.165) is 12.8 Å². The van der Waals surface area contributed by atoms with E-state index in [1.807, 2.05) is 0 Å². The van der Waals surface area contributed by atoms with Crippen molar-refractivity contribution in [2.24, 2.45) is 0 Å². The predicted octanol–water partition coefficient (Wildman–Crippen LogP) is 3.97. The van der Waals surface area contributed by atoms with Crippen molar-refractivity contribution < 1.29 is 9.53 Å². The smallest absolute Gasteiger partial charge is 0.224 e. The molecule has 0 saturated carbocycles. The highest BCUT2D eigenvalue weighted by atomic mass is 16.5. The van der Waals surface area contributed by atoms with Crippen LogP contribution in [-0.2, 0) is 4.79 Å². The van der Waals surface area contributed by atoms with Crippen LogP contribution in [0.5, 0.6) is 5.75 Å². The van der Waals surface area contributed by atoms with Gasteiger partial charge in [0, 0.05) is 12.1 Å². The Morgan fingerprint density at radius 1 is 1.20 bits per heavy atom. The number of rotatable bonds is 9. The van der Waals surface area contributed by atoms with Crippen LogP contribution >= 0.6 is 0 Å². The number of carbonyl (C=O) groups is 1. The summed E-state index contributed by atoms with van der Waals surface area (Å²) in [7, 11) is 1.58. The molecule has 3 N–H and O–H groups in total. The molecule has 4 nitrogen and oxygen atoms in total. The van der Waals surface area contributed by atoms with Gasteiger partial charge in [-0.1, -0.05) is 39.0 Å². The lowest BCUT2D eigenvalue weighted by Gasteiger charge is -2.10. The van der Waals surface area contributed by atoms with E-state index >= 15 is 0 Å². The van der Waals surface area contributed by atoms with Crippen molar-refractivity contribution in [1.29, 1.82) is 0 Å². The molecule has 0 fully saturated rings. The van der Waals surface area contributed by atoms with Crippen molar-refractivity contribution in [1.82, 2.24) is 0 Å². The first-order valence-electron chi connectivity index (χ1n) is 7.40. The van der Waals surface area contributed by atoms with Gasteiger partial charge in [-0.15, -0.1) is 0 Å². The van der Waals surface area contributed by atoms with Gasteiger partial charge in [0.1, 0.15) is 5.75 Å². The van der Waals surface area contributed by atoms with E-state index in [1.54, 1.807) is 25.3 Å². The second-order valence-corrected chi connectivity index (χ2v) is 5.03. The monoisotopic (exact) mass is 278 g/mol. The predicted molar refractivity (Wildman–Crippen MR) is 84.0 cm³/mol. The minimum absolute atomic E-state index is 0.0180. The molecule has 0 spiro atoms. The number of anilines is 2. The highest BCUT2D eigenvalue weighted by Crippen LogP contribution is 2.26. The Morgan fingerprint density at radius 2 is 1.90 bits per heavy atom. The number of hydrogen-bond acceptors (Lipinski definition) is 3. The minimum Gasteiger partial charge on any atom is -0.495 e. The second-order valence-electron chi connectivity index (χ2n) is 5.03. The van der Waals surface area contributed by atoms with E-state index in [-0.39, 0.29) is 5.91 Å². The Morgan fingerprint density at radius 3 is 2.60 bits per heavy atom. The molecular weight excluding hydrogens is 252 g/mol. The maximum absolute atomic E-state index is 11.9. The first-order chi connectivity index (χ1) is 9.67. The zero-order valence-electron chi connectivity index (χ0n) is 12.6. The average Bonchev–Trinajstić information content (AvgIpc) is 2.43. The van der Waals surface area contributed by atoms with Crippen molar-refractivity contribution in [3.05, 3.63) is 18.2 Å². The Hall–Kier alpha value is -1.71. The molecule has 0 bridgehead atoms. The number of nitrogens with two attached hydrogens (primary N) is 1. The number of unbranched alkanes of at least 4 members (excludes halogenated alkanes) is 5. The number of hydrogen-bond donors (Lipinski definition) is 2. The van der Waals surface area contributed by atoms with Crippen LogP contribution in [0.25, 0.3) is 0 Å². The zero-order valence-corrected chi connectivity index (χ0v) is 12.6. The van der Waals surface area contributed by atoms with Gasteiger partial charge in [0.2, 0.25) is 5.91 Å². The number of ether oxygens (including phenoxy) is 1. The van der Waals surface area contributed by atoms with Gasteiger partial charge >= 0.3 is 0 Å². The third kappa shape index (κ3) is 5.95. The van der Waals surface area contributed by atoms with Crippen LogP contribution in [0, 0.1) is 0 Å². The lowest BCUT2D eigenvalue weighted by Crippen LogP contribution is -2.12. The first-order valence-corrected chi connectivity index (χ1v) is 7.40. The van der Waals surface area contributed by atoms with Crippen molar-refractivity contribution in [3.8, 4) is 5.75 Å². The molecule has 1 amide bonds. The number of methoxy groups -OCH3 is 1. The van der Waals surface area contributed by atoms with Crippen LogP contribution < -0.4 is 15.8 Å². The molecule has 0 aliphatic carbocycles. The Kier molecular flexibility index (Phi) is 7.55. The molecule has 4 heteroatoms. The van der Waals surface area contributed by atoms with E-state index in [0.29, 0.717) is 23.5 Å². The summed E-state index contributed by atoms with van der Waals surface area (Å²) >= 11 is 0. The molecule has 20 heavy (non-hydrogen) atoms. The van der Waals surface area contributed by atoms with Crippen LogP contribution in [0.1, 0.15) is 51.9 Å². The lowest BCUT2D eigenvalue weighted by molar-refractivity contribution is -0.116. The number of nitrogens with one attached hydrogen (secondary N) is 1. The maximum atomic E-state index is 11.9. The molecule has 0 aromatic heterocycles. The molecule has 0 atom stereocenters. The topological polar surface area (TPSA) is 64.4 Å². The molecule has 1 aromatic rings. The van der Waals surface area contributed by atoms with Crippen LogP contribution in [0.3, 0.4) is 0 Å². The van der Waals surface area contributed by atoms with Gasteiger partial charge in [-0.25, -0.2) is 0 Å². The van der Waals surface area contributed by atoms with Gasteiger partial charge < -0.3 is 15.8 Å². The summed E-state index contributed by atoms with van der Waals surface area (Å²) in [5.74, 6) is 0.653. The van der Waals surface area contributed by atoms with E-state index in [9.17, 15) is 4.79 Å². The summed E-state index contributed by atoms with van der Waals surface area (Å²) in [4.78, 5) is 11.9. The molecule has 0 aliphatic rings. The third-order valence-electron chi connectivity index (χ3n) is 3.26. The van der Waals surface area contributed by atoms with Crippen LogP contribution in [0.15, 0.2) is 18.2 Å². The van der Waals surface area contributed by atoms with E-state index in [2.05, 4.69) is 12.2 Å². The molecule has 1 aromatic carbocycles. The van der Waals surface area contributed by atoms with Crippen molar-refractivity contribution >= 4 is 17.3 Å². The number of nitrogen functional groups attached to an aromatic ring is 1. The van der Waals surface area contributed by atoms with Crippen molar-refractivity contribution in [3.63, 3.8) is 0 Å². The van der Waals surface area contributed by atoms with Gasteiger partial charge in [0.25, 0.3) is 0 Å². The summed E-state index contributed by atoms with van der Waals surface area (Å²) in [6.45, 7) is 2.20. The van der Waals surface area contributed by atoms with Gasteiger partial charge in [-0.05, 0) is 24.6 Å². The van der Waals surface area contributed by atoms with Crippen LogP contribution in [-0.4, -0.2) is 13.0 Å². The van der Waals surface area contributed by atoms with Gasteiger partial charge in [0.05, 0.1) is 12.8 Å². The van der Waals surface area contributed by atoms with Gasteiger partial charge in [0.15, 0.2) is 0 Å².